The summed E-state index contributed by atoms with van der Waals surface area (Å²) in [6.45, 7) is 8.66. The van der Waals surface area contributed by atoms with Gasteiger partial charge in [0, 0.05) is 17.5 Å². The van der Waals surface area contributed by atoms with Crippen molar-refractivity contribution in [3.05, 3.63) is 20.8 Å². The first kappa shape index (κ1) is 22.3. The number of thioether (sulfide) groups is 1. The molecule has 168 valence electrons. The highest BCUT2D eigenvalue weighted by molar-refractivity contribution is 8.00. The van der Waals surface area contributed by atoms with E-state index in [4.69, 9.17) is 4.98 Å². The van der Waals surface area contributed by atoms with E-state index in [0.717, 1.165) is 42.3 Å². The molecule has 2 aliphatic rings. The minimum atomic E-state index is -0.553. The topological polar surface area (TPSA) is 93.1 Å². The third-order valence-corrected chi connectivity index (χ3v) is 7.97. The standard InChI is InChI=1S/C22H30N4O3S2/c1-11(2)10-26-20(28)17-15-8-5-12(3)9-16(15)31-19(17)25-22(26)30-13(4)18(27)24-21(29)23-14-6-7-14/h11-14H,5-10H2,1-4H3,(H2,23,24,27,29)/t12-,13-/m0/s1. The molecule has 4 rings (SSSR count). The molecule has 7 nitrogen and oxygen atoms in total. The number of hydrogen-bond donors (Lipinski definition) is 2. The van der Waals surface area contributed by atoms with E-state index in [1.54, 1.807) is 22.8 Å². The van der Waals surface area contributed by atoms with Crippen LogP contribution in [0, 0.1) is 11.8 Å². The van der Waals surface area contributed by atoms with E-state index in [2.05, 4.69) is 31.4 Å². The lowest BCUT2D eigenvalue weighted by Crippen LogP contribution is -2.43. The minimum absolute atomic E-state index is 0.00709. The van der Waals surface area contributed by atoms with Crippen molar-refractivity contribution < 1.29 is 9.59 Å². The predicted molar refractivity (Wildman–Crippen MR) is 125 cm³/mol. The van der Waals surface area contributed by atoms with Crippen LogP contribution in [0.4, 0.5) is 4.79 Å². The maximum atomic E-state index is 13.5. The van der Waals surface area contributed by atoms with Crippen LogP contribution < -0.4 is 16.2 Å². The summed E-state index contributed by atoms with van der Waals surface area (Å²) in [6.07, 6.45) is 4.94. The first-order valence-electron chi connectivity index (χ1n) is 11.1. The van der Waals surface area contributed by atoms with Crippen molar-refractivity contribution >= 4 is 45.3 Å². The van der Waals surface area contributed by atoms with Crippen LogP contribution in [0.15, 0.2) is 9.95 Å². The SMILES string of the molecule is CC(C)Cn1c(S[C@@H](C)C(=O)NC(=O)NC2CC2)nc2sc3c(c2c1=O)CC[C@H](C)C3. The molecule has 0 saturated heterocycles. The highest BCUT2D eigenvalue weighted by atomic mass is 32.2. The fourth-order valence-electron chi connectivity index (χ4n) is 3.90. The number of imide groups is 1. The number of rotatable bonds is 6. The van der Waals surface area contributed by atoms with Crippen LogP contribution in [-0.4, -0.2) is 32.8 Å². The first-order chi connectivity index (χ1) is 14.7. The Labute approximate surface area is 190 Å². The molecule has 2 atom stereocenters. The second-order valence-electron chi connectivity index (χ2n) is 9.23. The molecule has 2 aromatic rings. The average molecular weight is 463 g/mol. The van der Waals surface area contributed by atoms with E-state index in [1.807, 2.05) is 0 Å². The molecule has 2 heterocycles. The van der Waals surface area contributed by atoms with Gasteiger partial charge in [0.1, 0.15) is 4.83 Å². The van der Waals surface area contributed by atoms with E-state index >= 15 is 0 Å². The van der Waals surface area contributed by atoms with Crippen LogP contribution in [0.3, 0.4) is 0 Å². The van der Waals surface area contributed by atoms with Gasteiger partial charge < -0.3 is 5.32 Å². The fraction of sp³-hybridized carbons (Fsp3) is 0.636. The summed E-state index contributed by atoms with van der Waals surface area (Å²) in [4.78, 5) is 44.8. The zero-order valence-corrected chi connectivity index (χ0v) is 20.1. The van der Waals surface area contributed by atoms with Crippen LogP contribution in [-0.2, 0) is 24.2 Å². The number of carbonyl (C=O) groups is 2. The molecule has 1 saturated carbocycles. The highest BCUT2D eigenvalue weighted by Gasteiger charge is 2.28. The Kier molecular flexibility index (Phi) is 6.44. The lowest BCUT2D eigenvalue weighted by Gasteiger charge is -2.18. The maximum Gasteiger partial charge on any atom is 0.321 e. The zero-order chi connectivity index (χ0) is 22.3. The first-order valence-corrected chi connectivity index (χ1v) is 12.8. The largest absolute Gasteiger partial charge is 0.335 e. The number of hydrogen-bond acceptors (Lipinski definition) is 6. The van der Waals surface area contributed by atoms with Crippen LogP contribution in [0.1, 0.15) is 57.4 Å². The Morgan fingerprint density at radius 3 is 2.68 bits per heavy atom. The maximum absolute atomic E-state index is 13.5. The average Bonchev–Trinajstić information content (AvgIpc) is 3.42. The second kappa shape index (κ2) is 8.94. The normalized spacial score (nSPS) is 19.3. The Morgan fingerprint density at radius 2 is 2.00 bits per heavy atom. The summed E-state index contributed by atoms with van der Waals surface area (Å²) in [7, 11) is 0. The minimum Gasteiger partial charge on any atom is -0.335 e. The Balaban J connectivity index is 1.63. The molecule has 1 fully saturated rings. The molecule has 0 unspecified atom stereocenters. The highest BCUT2D eigenvalue weighted by Crippen LogP contribution is 2.37. The van der Waals surface area contributed by atoms with Gasteiger partial charge >= 0.3 is 6.03 Å². The molecule has 31 heavy (non-hydrogen) atoms. The molecule has 2 aromatic heterocycles. The van der Waals surface area contributed by atoms with E-state index in [1.165, 1.54) is 22.2 Å². The van der Waals surface area contributed by atoms with Crippen molar-refractivity contribution in [1.29, 1.82) is 0 Å². The van der Waals surface area contributed by atoms with Crippen molar-refractivity contribution in [2.75, 3.05) is 0 Å². The van der Waals surface area contributed by atoms with Gasteiger partial charge in [-0.15, -0.1) is 11.3 Å². The van der Waals surface area contributed by atoms with Crippen molar-refractivity contribution in [2.45, 2.75) is 82.8 Å². The summed E-state index contributed by atoms with van der Waals surface area (Å²) in [5.74, 6) is 0.505. The quantitative estimate of drug-likeness (QED) is 0.504. The van der Waals surface area contributed by atoms with E-state index in [9.17, 15) is 14.4 Å². The molecule has 0 aromatic carbocycles. The number of thiophene rings is 1. The van der Waals surface area contributed by atoms with Gasteiger partial charge in [-0.25, -0.2) is 9.78 Å². The van der Waals surface area contributed by atoms with E-state index in [0.29, 0.717) is 17.6 Å². The van der Waals surface area contributed by atoms with Gasteiger partial charge in [-0.2, -0.15) is 0 Å². The summed E-state index contributed by atoms with van der Waals surface area (Å²) < 4.78 is 1.72. The lowest BCUT2D eigenvalue weighted by atomic mass is 9.89. The van der Waals surface area contributed by atoms with Gasteiger partial charge in [-0.3, -0.25) is 19.5 Å². The van der Waals surface area contributed by atoms with Crippen LogP contribution >= 0.6 is 23.1 Å². The number of urea groups is 1. The van der Waals surface area contributed by atoms with Gasteiger partial charge in [-0.1, -0.05) is 32.5 Å². The predicted octanol–water partition coefficient (Wildman–Crippen LogP) is 3.71. The second-order valence-corrected chi connectivity index (χ2v) is 11.6. The lowest BCUT2D eigenvalue weighted by molar-refractivity contribution is -0.119. The van der Waals surface area contributed by atoms with Crippen molar-refractivity contribution in [3.63, 3.8) is 0 Å². The summed E-state index contributed by atoms with van der Waals surface area (Å²) in [5.41, 5.74) is 1.17. The van der Waals surface area contributed by atoms with Crippen molar-refractivity contribution in [2.24, 2.45) is 11.8 Å². The number of amides is 3. The number of nitrogens with zero attached hydrogens (tertiary/aromatic N) is 2. The summed E-state index contributed by atoms with van der Waals surface area (Å²) >= 11 is 2.86. The van der Waals surface area contributed by atoms with Gasteiger partial charge in [0.15, 0.2) is 5.16 Å². The molecule has 0 radical (unpaired) electrons. The van der Waals surface area contributed by atoms with Gasteiger partial charge in [-0.05, 0) is 56.4 Å². The smallest absolute Gasteiger partial charge is 0.321 e. The monoisotopic (exact) mass is 462 g/mol. The van der Waals surface area contributed by atoms with Gasteiger partial charge in [0.05, 0.1) is 10.6 Å². The fourth-order valence-corrected chi connectivity index (χ4v) is 6.24. The van der Waals surface area contributed by atoms with E-state index < -0.39 is 11.3 Å². The van der Waals surface area contributed by atoms with Crippen LogP contribution in [0.2, 0.25) is 0 Å². The van der Waals surface area contributed by atoms with E-state index in [-0.39, 0.29) is 23.4 Å². The Bertz CT molecular complexity index is 1070. The molecule has 2 N–H and O–H groups in total. The number of carbonyl (C=O) groups excluding carboxylic acids is 2. The third-order valence-electron chi connectivity index (χ3n) is 5.73. The van der Waals surface area contributed by atoms with Gasteiger partial charge in [0.2, 0.25) is 5.91 Å². The van der Waals surface area contributed by atoms with Crippen molar-refractivity contribution in [1.82, 2.24) is 20.2 Å². The Morgan fingerprint density at radius 1 is 1.26 bits per heavy atom. The summed E-state index contributed by atoms with van der Waals surface area (Å²) in [6, 6.07) is -0.272. The number of fused-ring (bicyclic) bond motifs is 3. The molecule has 0 aliphatic heterocycles. The Hall–Kier alpha value is -1.87. The molecule has 2 aliphatic carbocycles. The number of aryl methyl sites for hydroxylation is 1. The summed E-state index contributed by atoms with van der Waals surface area (Å²) in [5, 5.41) is 5.91. The number of aromatic nitrogens is 2. The van der Waals surface area contributed by atoms with Gasteiger partial charge in [0.25, 0.3) is 5.56 Å². The molecular weight excluding hydrogens is 432 g/mol. The molecule has 9 heteroatoms. The molecular formula is C22H30N4O3S2. The zero-order valence-electron chi connectivity index (χ0n) is 18.5. The van der Waals surface area contributed by atoms with Crippen LogP contribution in [0.25, 0.3) is 10.2 Å². The molecule has 3 amide bonds. The molecule has 0 bridgehead atoms. The molecule has 0 spiro atoms. The third kappa shape index (κ3) is 4.98. The number of nitrogens with one attached hydrogen (secondary N) is 2. The van der Waals surface area contributed by atoms with Crippen molar-refractivity contribution in [3.8, 4) is 0 Å². The van der Waals surface area contributed by atoms with Crippen LogP contribution in [0.5, 0.6) is 0 Å².